The molecule has 2 fully saturated rings. The van der Waals surface area contributed by atoms with Crippen molar-refractivity contribution < 1.29 is 18.7 Å². The molecule has 238 valence electrons. The van der Waals surface area contributed by atoms with Crippen LogP contribution < -0.4 is 15.2 Å². The van der Waals surface area contributed by atoms with Gasteiger partial charge >= 0.3 is 5.76 Å². The first kappa shape index (κ1) is 29.2. The second-order valence-electron chi connectivity index (χ2n) is 13.3. The Hall–Kier alpha value is -4.19. The molecule has 46 heavy (non-hydrogen) atoms. The van der Waals surface area contributed by atoms with E-state index in [9.17, 15) is 4.79 Å². The van der Waals surface area contributed by atoms with Crippen LogP contribution in [0.3, 0.4) is 0 Å². The lowest BCUT2D eigenvalue weighted by Gasteiger charge is -2.33. The van der Waals surface area contributed by atoms with Crippen LogP contribution in [0.25, 0.3) is 22.4 Å². The van der Waals surface area contributed by atoms with Gasteiger partial charge in [-0.2, -0.15) is 0 Å². The lowest BCUT2D eigenvalue weighted by atomic mass is 9.87. The number of piperidine rings is 1. The summed E-state index contributed by atoms with van der Waals surface area (Å²) in [5.74, 6) is 1.69. The monoisotopic (exact) mass is 642 g/mol. The van der Waals surface area contributed by atoms with Gasteiger partial charge in [-0.1, -0.05) is 42.7 Å². The number of nitrogens with zero attached hydrogens (tertiary/aromatic N) is 5. The molecule has 0 radical (unpaired) electrons. The van der Waals surface area contributed by atoms with Crippen LogP contribution in [-0.4, -0.2) is 55.9 Å². The number of aromatic amines is 1. The molecule has 3 aliphatic heterocycles. The molecule has 1 N–H and O–H groups in total. The molecule has 12 heteroatoms. The predicted molar refractivity (Wildman–Crippen MR) is 171 cm³/mol. The number of H-pyrrole nitrogens is 1. The third-order valence-electron chi connectivity index (χ3n) is 9.64. The van der Waals surface area contributed by atoms with E-state index in [4.69, 9.17) is 35.3 Å². The van der Waals surface area contributed by atoms with Crippen LogP contribution in [0.1, 0.15) is 62.7 Å². The smallest absolute Gasteiger partial charge is 0.439 e. The number of hydrogen-bond acceptors (Lipinski definition) is 9. The largest absolute Gasteiger partial charge is 0.443 e. The molecular formula is C34H35ClN6O5. The summed E-state index contributed by atoms with van der Waals surface area (Å²) >= 11 is 6.07. The molecule has 0 aliphatic carbocycles. The fraction of sp³-hybridized carbons (Fsp3) is 0.412. The summed E-state index contributed by atoms with van der Waals surface area (Å²) in [5.41, 5.74) is 4.44. The van der Waals surface area contributed by atoms with Crippen molar-refractivity contribution in [2.24, 2.45) is 5.41 Å². The van der Waals surface area contributed by atoms with Crippen LogP contribution in [0.4, 0.5) is 0 Å². The van der Waals surface area contributed by atoms with Gasteiger partial charge in [-0.05, 0) is 68.2 Å². The first-order valence-corrected chi connectivity index (χ1v) is 16.0. The number of pyridine rings is 1. The zero-order chi connectivity index (χ0) is 31.6. The lowest BCUT2D eigenvalue weighted by molar-refractivity contribution is -0.0722. The van der Waals surface area contributed by atoms with Crippen LogP contribution in [0.2, 0.25) is 5.02 Å². The molecule has 0 amide bonds. The highest BCUT2D eigenvalue weighted by Crippen LogP contribution is 2.49. The molecule has 0 bridgehead atoms. The fourth-order valence-corrected chi connectivity index (χ4v) is 7.22. The predicted octanol–water partition coefficient (Wildman–Crippen LogP) is 6.05. The average molecular weight is 643 g/mol. The molecule has 2 atom stereocenters. The van der Waals surface area contributed by atoms with Gasteiger partial charge in [0.25, 0.3) is 5.79 Å². The molecule has 6 heterocycles. The van der Waals surface area contributed by atoms with Crippen molar-refractivity contribution >= 4 is 22.6 Å². The van der Waals surface area contributed by atoms with E-state index in [1.54, 1.807) is 12.3 Å². The van der Waals surface area contributed by atoms with E-state index in [-0.39, 0.29) is 11.5 Å². The molecule has 0 unspecified atom stereocenters. The third-order valence-corrected chi connectivity index (χ3v) is 9.86. The number of ether oxygens (including phenoxy) is 3. The number of rotatable bonds is 6. The summed E-state index contributed by atoms with van der Waals surface area (Å²) in [6.45, 7) is 10.2. The molecule has 2 saturated heterocycles. The van der Waals surface area contributed by atoms with Gasteiger partial charge in [-0.3, -0.25) is 19.4 Å². The third kappa shape index (κ3) is 5.06. The molecular weight excluding hydrogens is 608 g/mol. The number of nitrogens with one attached hydrogen (secondary N) is 1. The molecule has 3 aromatic heterocycles. The van der Waals surface area contributed by atoms with Gasteiger partial charge in [0.2, 0.25) is 0 Å². The van der Waals surface area contributed by atoms with E-state index in [1.165, 1.54) is 5.56 Å². The van der Waals surface area contributed by atoms with Crippen LogP contribution in [0.5, 0.6) is 11.5 Å². The Labute approximate surface area is 270 Å². The number of para-hydroxylation sites is 1. The summed E-state index contributed by atoms with van der Waals surface area (Å²) < 4.78 is 25.9. The fourth-order valence-electron chi connectivity index (χ4n) is 7.10. The Morgan fingerprint density at radius 3 is 2.63 bits per heavy atom. The van der Waals surface area contributed by atoms with Crippen LogP contribution in [-0.2, 0) is 17.1 Å². The van der Waals surface area contributed by atoms with E-state index in [1.807, 2.05) is 43.3 Å². The Kier molecular flexibility index (Phi) is 6.97. The molecule has 2 aromatic carbocycles. The summed E-state index contributed by atoms with van der Waals surface area (Å²) in [7, 11) is 0. The Bertz CT molecular complexity index is 1980. The summed E-state index contributed by atoms with van der Waals surface area (Å²) in [6.07, 6.45) is 3.58. The average Bonchev–Trinajstić information content (AvgIpc) is 3.81. The lowest BCUT2D eigenvalue weighted by Crippen LogP contribution is -2.35. The highest BCUT2D eigenvalue weighted by molar-refractivity contribution is 6.30. The van der Waals surface area contributed by atoms with Crippen LogP contribution >= 0.6 is 11.6 Å². The second-order valence-corrected chi connectivity index (χ2v) is 13.7. The van der Waals surface area contributed by atoms with Crippen molar-refractivity contribution in [1.29, 1.82) is 0 Å². The van der Waals surface area contributed by atoms with E-state index < -0.39 is 11.5 Å². The number of fused-ring (bicyclic) bond motifs is 2. The SMILES string of the molecule is CC1(C)COC[C@H]1n1c(CN2CCC(c3cccc4c3O[C@@](C)(c3ccc(Cl)cn3)O4)CC2)nc2ccc(-c3noc(=O)[nH]3)cc21. The Morgan fingerprint density at radius 1 is 1.07 bits per heavy atom. The van der Waals surface area contributed by atoms with Gasteiger partial charge in [0, 0.05) is 29.7 Å². The maximum Gasteiger partial charge on any atom is 0.439 e. The van der Waals surface area contributed by atoms with E-state index in [0.717, 1.165) is 66.4 Å². The molecule has 0 saturated carbocycles. The highest BCUT2D eigenvalue weighted by atomic mass is 35.5. The van der Waals surface area contributed by atoms with Crippen molar-refractivity contribution in [3.8, 4) is 22.9 Å². The van der Waals surface area contributed by atoms with Gasteiger partial charge in [0.05, 0.1) is 41.9 Å². The number of benzene rings is 2. The molecule has 5 aromatic rings. The zero-order valence-corrected chi connectivity index (χ0v) is 26.7. The summed E-state index contributed by atoms with van der Waals surface area (Å²) in [6, 6.07) is 15.8. The molecule has 3 aliphatic rings. The minimum absolute atomic E-state index is 0.0701. The minimum atomic E-state index is -1.01. The molecule has 8 rings (SSSR count). The molecule has 0 spiro atoms. The van der Waals surface area contributed by atoms with Gasteiger partial charge in [-0.25, -0.2) is 9.78 Å². The number of imidazole rings is 1. The van der Waals surface area contributed by atoms with Crippen LogP contribution in [0, 0.1) is 5.41 Å². The Morgan fingerprint density at radius 2 is 1.91 bits per heavy atom. The highest BCUT2D eigenvalue weighted by Gasteiger charge is 2.43. The Balaban J connectivity index is 1.04. The van der Waals surface area contributed by atoms with Gasteiger partial charge in [0.15, 0.2) is 17.3 Å². The first-order chi connectivity index (χ1) is 22.2. The van der Waals surface area contributed by atoms with Crippen molar-refractivity contribution in [3.63, 3.8) is 0 Å². The number of aromatic nitrogens is 5. The molecule has 11 nitrogen and oxygen atoms in total. The number of likely N-dealkylation sites (tertiary alicyclic amines) is 1. The van der Waals surface area contributed by atoms with E-state index in [0.29, 0.717) is 35.7 Å². The summed E-state index contributed by atoms with van der Waals surface area (Å²) in [5, 5.41) is 4.47. The standard InChI is InChI=1S/C34H35ClN6O5/c1-33(2)19-43-18-28(33)41-25-15-21(31-38-32(42)46-39-31)7-9-24(25)37-29(41)17-40-13-11-20(12-14-40)23-5-4-6-26-30(23)45-34(3,44-26)27-10-8-22(35)16-36-27/h4-10,15-16,20,28H,11-14,17-19H2,1-3H3,(H,38,39,42)/t28-,34+/m1/s1. The second kappa shape index (κ2) is 11.0. The zero-order valence-electron chi connectivity index (χ0n) is 26.0. The topological polar surface area (TPSA) is 121 Å². The van der Waals surface area contributed by atoms with Crippen molar-refractivity contribution in [1.82, 2.24) is 29.6 Å². The van der Waals surface area contributed by atoms with E-state index in [2.05, 4.69) is 44.5 Å². The maximum atomic E-state index is 11.6. The minimum Gasteiger partial charge on any atom is -0.443 e. The first-order valence-electron chi connectivity index (χ1n) is 15.7. The normalized spacial score (nSPS) is 23.0. The van der Waals surface area contributed by atoms with Crippen molar-refractivity contribution in [3.05, 3.63) is 87.4 Å². The maximum absolute atomic E-state index is 11.6. The van der Waals surface area contributed by atoms with Crippen molar-refractivity contribution in [2.45, 2.75) is 57.9 Å². The van der Waals surface area contributed by atoms with Crippen molar-refractivity contribution in [2.75, 3.05) is 26.3 Å². The quantitative estimate of drug-likeness (QED) is 0.236. The van der Waals surface area contributed by atoms with Gasteiger partial charge < -0.3 is 18.8 Å². The summed E-state index contributed by atoms with van der Waals surface area (Å²) in [4.78, 5) is 26.4. The van der Waals surface area contributed by atoms with Gasteiger partial charge in [-0.15, -0.1) is 0 Å². The van der Waals surface area contributed by atoms with Gasteiger partial charge in [0.1, 0.15) is 11.5 Å². The van der Waals surface area contributed by atoms with E-state index >= 15 is 0 Å². The number of hydrogen-bond donors (Lipinski definition) is 1. The van der Waals surface area contributed by atoms with Crippen LogP contribution in [0.15, 0.2) is 64.0 Å². The number of halogens is 1.